The first-order chi connectivity index (χ1) is 6.66. The van der Waals surface area contributed by atoms with Crippen molar-refractivity contribution in [3.63, 3.8) is 0 Å². The van der Waals surface area contributed by atoms with Crippen LogP contribution < -0.4 is 5.32 Å². The molecule has 4 heteroatoms. The van der Waals surface area contributed by atoms with Crippen molar-refractivity contribution in [1.29, 1.82) is 0 Å². The molecule has 0 radical (unpaired) electrons. The summed E-state index contributed by atoms with van der Waals surface area (Å²) < 4.78 is 0. The number of hydrogen-bond acceptors (Lipinski definition) is 3. The van der Waals surface area contributed by atoms with E-state index in [2.05, 4.69) is 12.2 Å². The van der Waals surface area contributed by atoms with Gasteiger partial charge in [0.05, 0.1) is 0 Å². The van der Waals surface area contributed by atoms with Crippen LogP contribution in [-0.2, 0) is 4.79 Å². The van der Waals surface area contributed by atoms with Crippen molar-refractivity contribution in [3.8, 4) is 0 Å². The highest BCUT2D eigenvalue weighted by atomic mass is 32.2. The lowest BCUT2D eigenvalue weighted by molar-refractivity contribution is -0.140. The van der Waals surface area contributed by atoms with Crippen molar-refractivity contribution >= 4 is 17.7 Å². The summed E-state index contributed by atoms with van der Waals surface area (Å²) in [4.78, 5) is 11.0. The molecule has 0 aromatic heterocycles. The van der Waals surface area contributed by atoms with E-state index in [4.69, 9.17) is 5.11 Å². The van der Waals surface area contributed by atoms with E-state index in [9.17, 15) is 4.79 Å². The summed E-state index contributed by atoms with van der Waals surface area (Å²) in [5.41, 5.74) is 0. The van der Waals surface area contributed by atoms with Gasteiger partial charge in [0, 0.05) is 17.0 Å². The van der Waals surface area contributed by atoms with E-state index >= 15 is 0 Å². The van der Waals surface area contributed by atoms with E-state index < -0.39 is 5.97 Å². The molecule has 1 aliphatic heterocycles. The predicted molar refractivity (Wildman–Crippen MR) is 57.6 cm³/mol. The van der Waals surface area contributed by atoms with Crippen molar-refractivity contribution in [2.45, 2.75) is 43.5 Å². The molecule has 0 aromatic carbocycles. The minimum atomic E-state index is -0.669. The van der Waals surface area contributed by atoms with Crippen molar-refractivity contribution in [1.82, 2.24) is 5.32 Å². The second-order valence-electron chi connectivity index (χ2n) is 4.40. The fraction of sp³-hybridized carbons (Fsp3) is 0.900. The minimum absolute atomic E-state index is 0.286. The number of nitrogens with one attached hydrogen (secondary N) is 1. The topological polar surface area (TPSA) is 49.3 Å². The smallest absolute Gasteiger partial charge is 0.320 e. The van der Waals surface area contributed by atoms with Crippen molar-refractivity contribution in [2.75, 3.05) is 5.75 Å². The Morgan fingerprint density at radius 3 is 2.71 bits per heavy atom. The first-order valence-corrected chi connectivity index (χ1v) is 6.32. The summed E-state index contributed by atoms with van der Waals surface area (Å²) >= 11 is 1.94. The quantitative estimate of drug-likeness (QED) is 0.743. The van der Waals surface area contributed by atoms with Crippen LogP contribution in [0.3, 0.4) is 0 Å². The van der Waals surface area contributed by atoms with Crippen LogP contribution in [0.25, 0.3) is 0 Å². The Labute approximate surface area is 88.6 Å². The zero-order chi connectivity index (χ0) is 10.1. The van der Waals surface area contributed by atoms with Gasteiger partial charge in [-0.25, -0.2) is 0 Å². The molecule has 3 nitrogen and oxygen atoms in total. The van der Waals surface area contributed by atoms with Crippen LogP contribution >= 0.6 is 11.8 Å². The Morgan fingerprint density at radius 1 is 1.57 bits per heavy atom. The summed E-state index contributed by atoms with van der Waals surface area (Å²) in [7, 11) is 0. The monoisotopic (exact) mass is 215 g/mol. The molecule has 1 aliphatic carbocycles. The molecule has 0 spiro atoms. The summed E-state index contributed by atoms with van der Waals surface area (Å²) in [6.07, 6.45) is 3.28. The van der Waals surface area contributed by atoms with E-state index in [1.165, 1.54) is 0 Å². The first kappa shape index (κ1) is 10.3. The van der Waals surface area contributed by atoms with Crippen molar-refractivity contribution in [2.24, 2.45) is 5.92 Å². The van der Waals surface area contributed by atoms with Crippen LogP contribution in [0.5, 0.6) is 0 Å². The zero-order valence-corrected chi connectivity index (χ0v) is 9.22. The molecular formula is C10H17NO2S. The maximum atomic E-state index is 11.0. The maximum Gasteiger partial charge on any atom is 0.320 e. The normalized spacial score (nSPS) is 34.4. The lowest BCUT2D eigenvalue weighted by atomic mass is 10.1. The van der Waals surface area contributed by atoms with Gasteiger partial charge >= 0.3 is 5.97 Å². The third kappa shape index (κ3) is 2.42. The third-order valence-electron chi connectivity index (χ3n) is 2.97. The van der Waals surface area contributed by atoms with Gasteiger partial charge in [-0.1, -0.05) is 6.92 Å². The number of aliphatic carboxylic acids is 1. The average molecular weight is 215 g/mol. The number of thioether (sulfide) groups is 1. The molecular weight excluding hydrogens is 198 g/mol. The fourth-order valence-electron chi connectivity index (χ4n) is 2.03. The zero-order valence-electron chi connectivity index (χ0n) is 8.40. The summed E-state index contributed by atoms with van der Waals surface area (Å²) in [5, 5.41) is 13.0. The maximum absolute atomic E-state index is 11.0. The lowest BCUT2D eigenvalue weighted by Crippen LogP contribution is -2.45. The van der Waals surface area contributed by atoms with E-state index in [1.807, 2.05) is 11.8 Å². The van der Waals surface area contributed by atoms with E-state index in [-0.39, 0.29) is 6.04 Å². The van der Waals surface area contributed by atoms with Gasteiger partial charge in [0.1, 0.15) is 6.04 Å². The standard InChI is InChI=1S/C10H17NO2S/c1-6-4-8(5-14-6)11-9(10(12)13)7-2-3-7/h6-9,11H,2-5H2,1H3,(H,12,13). The molecule has 0 bridgehead atoms. The average Bonchev–Trinajstić information content (AvgIpc) is 2.86. The molecule has 1 heterocycles. The van der Waals surface area contributed by atoms with Crippen molar-refractivity contribution in [3.05, 3.63) is 0 Å². The lowest BCUT2D eigenvalue weighted by Gasteiger charge is -2.18. The molecule has 0 amide bonds. The highest BCUT2D eigenvalue weighted by Crippen LogP contribution is 2.34. The molecule has 2 N–H and O–H groups in total. The number of carbonyl (C=O) groups is 1. The van der Waals surface area contributed by atoms with Gasteiger partial charge in [0.15, 0.2) is 0 Å². The molecule has 80 valence electrons. The minimum Gasteiger partial charge on any atom is -0.480 e. The number of carboxylic acid groups (broad SMARTS) is 1. The molecule has 14 heavy (non-hydrogen) atoms. The molecule has 3 atom stereocenters. The Kier molecular flexibility index (Phi) is 3.02. The van der Waals surface area contributed by atoms with Gasteiger partial charge in [0.2, 0.25) is 0 Å². The summed E-state index contributed by atoms with van der Waals surface area (Å²) in [6.45, 7) is 2.21. The Bertz CT molecular complexity index is 230. The van der Waals surface area contributed by atoms with Gasteiger partial charge in [-0.3, -0.25) is 4.79 Å². The van der Waals surface area contributed by atoms with Crippen LogP contribution in [0.1, 0.15) is 26.2 Å². The van der Waals surface area contributed by atoms with E-state index in [0.717, 1.165) is 25.0 Å². The van der Waals surface area contributed by atoms with Crippen LogP contribution in [0.4, 0.5) is 0 Å². The van der Waals surface area contributed by atoms with Crippen LogP contribution in [0, 0.1) is 5.92 Å². The third-order valence-corrected chi connectivity index (χ3v) is 4.33. The molecule has 0 aromatic rings. The van der Waals surface area contributed by atoms with Crippen LogP contribution in [0.2, 0.25) is 0 Å². The summed E-state index contributed by atoms with van der Waals surface area (Å²) in [5.74, 6) is 0.794. The predicted octanol–water partition coefficient (Wildman–Crippen LogP) is 1.33. The highest BCUT2D eigenvalue weighted by molar-refractivity contribution is 8.00. The van der Waals surface area contributed by atoms with Gasteiger partial charge in [-0.15, -0.1) is 0 Å². The Balaban J connectivity index is 1.84. The first-order valence-electron chi connectivity index (χ1n) is 5.27. The molecule has 1 saturated heterocycles. The number of carboxylic acids is 1. The summed E-state index contributed by atoms with van der Waals surface area (Å²) in [6, 6.07) is 0.127. The molecule has 2 aliphatic rings. The SMILES string of the molecule is CC1CC(NC(C(=O)O)C2CC2)CS1. The second-order valence-corrected chi connectivity index (χ2v) is 5.87. The van der Waals surface area contributed by atoms with E-state index in [1.54, 1.807) is 0 Å². The number of rotatable bonds is 4. The second kappa shape index (κ2) is 4.11. The van der Waals surface area contributed by atoms with Gasteiger partial charge < -0.3 is 10.4 Å². The van der Waals surface area contributed by atoms with Crippen LogP contribution in [-0.4, -0.2) is 34.2 Å². The highest BCUT2D eigenvalue weighted by Gasteiger charge is 2.38. The Morgan fingerprint density at radius 2 is 2.29 bits per heavy atom. The molecule has 3 unspecified atom stereocenters. The molecule has 1 saturated carbocycles. The van der Waals surface area contributed by atoms with Gasteiger partial charge in [0.25, 0.3) is 0 Å². The van der Waals surface area contributed by atoms with Gasteiger partial charge in [-0.05, 0) is 25.2 Å². The number of hydrogen-bond donors (Lipinski definition) is 2. The van der Waals surface area contributed by atoms with Gasteiger partial charge in [-0.2, -0.15) is 11.8 Å². The van der Waals surface area contributed by atoms with E-state index in [0.29, 0.717) is 17.2 Å². The Hall–Kier alpha value is -0.220. The molecule has 2 fully saturated rings. The fourth-order valence-corrected chi connectivity index (χ4v) is 3.19. The largest absolute Gasteiger partial charge is 0.480 e. The van der Waals surface area contributed by atoms with Crippen LogP contribution in [0.15, 0.2) is 0 Å². The molecule has 2 rings (SSSR count). The van der Waals surface area contributed by atoms with Crippen molar-refractivity contribution < 1.29 is 9.90 Å².